The number of hydrogen-bond acceptors (Lipinski definition) is 4. The number of rotatable bonds is 5. The summed E-state index contributed by atoms with van der Waals surface area (Å²) in [5, 5.41) is 3.11. The molecule has 0 aliphatic rings. The first kappa shape index (κ1) is 14.0. The van der Waals surface area contributed by atoms with Crippen LogP contribution in [0.2, 0.25) is 0 Å². The monoisotopic (exact) mass is 320 g/mol. The minimum Gasteiger partial charge on any atom is -0.343 e. The van der Waals surface area contributed by atoms with E-state index >= 15 is 0 Å². The molecule has 2 rings (SSSR count). The van der Waals surface area contributed by atoms with Crippen LogP contribution < -0.4 is 10.2 Å². The Kier molecular flexibility index (Phi) is 4.87. The van der Waals surface area contributed by atoms with E-state index in [0.29, 0.717) is 0 Å². The molecule has 100 valence electrons. The number of likely N-dealkylation sites (N-methyl/N-ethyl adjacent to an activating group) is 2. The average molecular weight is 321 g/mol. The lowest BCUT2D eigenvalue weighted by Crippen LogP contribution is -2.28. The standard InChI is InChI=1S/C14H17BrN4/c1-16-7-8-19(2)14-17-9-12(10-18-14)11-3-5-13(15)6-4-11/h3-6,9-10,16H,7-8H2,1-2H3. The molecule has 0 saturated carbocycles. The van der Waals surface area contributed by atoms with Crippen molar-refractivity contribution in [2.75, 3.05) is 32.1 Å². The highest BCUT2D eigenvalue weighted by Crippen LogP contribution is 2.21. The van der Waals surface area contributed by atoms with E-state index in [0.717, 1.165) is 34.6 Å². The molecule has 0 unspecified atom stereocenters. The van der Waals surface area contributed by atoms with Crippen molar-refractivity contribution in [3.8, 4) is 11.1 Å². The Balaban J connectivity index is 2.11. The van der Waals surface area contributed by atoms with Crippen LogP contribution in [0.25, 0.3) is 11.1 Å². The molecule has 4 nitrogen and oxygen atoms in total. The number of aromatic nitrogens is 2. The third-order valence-corrected chi connectivity index (χ3v) is 3.38. The summed E-state index contributed by atoms with van der Waals surface area (Å²) in [6.07, 6.45) is 3.73. The van der Waals surface area contributed by atoms with Crippen molar-refractivity contribution in [2.45, 2.75) is 0 Å². The maximum atomic E-state index is 4.41. The predicted molar refractivity (Wildman–Crippen MR) is 82.4 cm³/mol. The first-order valence-electron chi connectivity index (χ1n) is 6.14. The zero-order valence-corrected chi connectivity index (χ0v) is 12.7. The Bertz CT molecular complexity index is 510. The van der Waals surface area contributed by atoms with Gasteiger partial charge < -0.3 is 10.2 Å². The van der Waals surface area contributed by atoms with Gasteiger partial charge in [0.1, 0.15) is 0 Å². The van der Waals surface area contributed by atoms with E-state index in [-0.39, 0.29) is 0 Å². The second-order valence-electron chi connectivity index (χ2n) is 4.30. The summed E-state index contributed by atoms with van der Waals surface area (Å²) in [4.78, 5) is 10.8. The van der Waals surface area contributed by atoms with Gasteiger partial charge in [-0.25, -0.2) is 9.97 Å². The molecule has 1 aromatic carbocycles. The Morgan fingerprint density at radius 1 is 1.11 bits per heavy atom. The van der Waals surface area contributed by atoms with Crippen molar-refractivity contribution in [2.24, 2.45) is 0 Å². The van der Waals surface area contributed by atoms with Crippen LogP contribution >= 0.6 is 15.9 Å². The van der Waals surface area contributed by atoms with Gasteiger partial charge in [0, 0.05) is 42.6 Å². The van der Waals surface area contributed by atoms with Gasteiger partial charge in [0.15, 0.2) is 0 Å². The summed E-state index contributed by atoms with van der Waals surface area (Å²) < 4.78 is 1.07. The molecule has 0 bridgehead atoms. The second-order valence-corrected chi connectivity index (χ2v) is 5.22. The normalized spacial score (nSPS) is 10.5. The number of nitrogens with one attached hydrogen (secondary N) is 1. The van der Waals surface area contributed by atoms with Gasteiger partial charge in [0.2, 0.25) is 5.95 Å². The van der Waals surface area contributed by atoms with Gasteiger partial charge in [-0.2, -0.15) is 0 Å². The molecule has 0 aliphatic carbocycles. The Labute approximate surface area is 122 Å². The van der Waals surface area contributed by atoms with Gasteiger partial charge in [-0.3, -0.25) is 0 Å². The van der Waals surface area contributed by atoms with E-state index in [2.05, 4.69) is 31.2 Å². The fraction of sp³-hybridized carbons (Fsp3) is 0.286. The largest absolute Gasteiger partial charge is 0.343 e. The number of anilines is 1. The summed E-state index contributed by atoms with van der Waals surface area (Å²) in [6, 6.07) is 8.13. The van der Waals surface area contributed by atoms with Crippen molar-refractivity contribution in [1.82, 2.24) is 15.3 Å². The molecular formula is C14H17BrN4. The fourth-order valence-electron chi connectivity index (χ4n) is 1.69. The predicted octanol–water partition coefficient (Wildman–Crippen LogP) is 2.56. The third kappa shape index (κ3) is 3.75. The zero-order chi connectivity index (χ0) is 13.7. The number of halogens is 1. The summed E-state index contributed by atoms with van der Waals surface area (Å²) >= 11 is 3.43. The second kappa shape index (κ2) is 6.63. The van der Waals surface area contributed by atoms with Gasteiger partial charge in [-0.1, -0.05) is 28.1 Å². The third-order valence-electron chi connectivity index (χ3n) is 2.85. The first-order valence-corrected chi connectivity index (χ1v) is 6.93. The topological polar surface area (TPSA) is 41.0 Å². The fourth-order valence-corrected chi connectivity index (χ4v) is 1.95. The highest BCUT2D eigenvalue weighted by molar-refractivity contribution is 9.10. The molecule has 1 N–H and O–H groups in total. The van der Waals surface area contributed by atoms with Crippen molar-refractivity contribution in [1.29, 1.82) is 0 Å². The molecule has 0 atom stereocenters. The number of hydrogen-bond donors (Lipinski definition) is 1. The van der Waals surface area contributed by atoms with Gasteiger partial charge >= 0.3 is 0 Å². The molecule has 0 amide bonds. The van der Waals surface area contributed by atoms with Crippen molar-refractivity contribution >= 4 is 21.9 Å². The van der Waals surface area contributed by atoms with E-state index in [1.807, 2.05) is 55.7 Å². The molecule has 1 heterocycles. The van der Waals surface area contributed by atoms with Crippen LogP contribution in [0.4, 0.5) is 5.95 Å². The molecule has 1 aromatic heterocycles. The summed E-state index contributed by atoms with van der Waals surface area (Å²) in [7, 11) is 3.93. The van der Waals surface area contributed by atoms with Crippen molar-refractivity contribution < 1.29 is 0 Å². The van der Waals surface area contributed by atoms with E-state index < -0.39 is 0 Å². The van der Waals surface area contributed by atoms with Gasteiger partial charge in [-0.15, -0.1) is 0 Å². The minimum absolute atomic E-state index is 0.746. The highest BCUT2D eigenvalue weighted by Gasteiger charge is 2.04. The SMILES string of the molecule is CNCCN(C)c1ncc(-c2ccc(Br)cc2)cn1. The van der Waals surface area contributed by atoms with Crippen LogP contribution in [0.1, 0.15) is 0 Å². The Morgan fingerprint density at radius 3 is 2.32 bits per heavy atom. The summed E-state index contributed by atoms with van der Waals surface area (Å²) in [5.74, 6) is 0.746. The van der Waals surface area contributed by atoms with Gasteiger partial charge in [-0.05, 0) is 24.7 Å². The zero-order valence-electron chi connectivity index (χ0n) is 11.1. The average Bonchev–Trinajstić information content (AvgIpc) is 2.46. The van der Waals surface area contributed by atoms with Crippen molar-refractivity contribution in [3.05, 3.63) is 41.1 Å². The lowest BCUT2D eigenvalue weighted by Gasteiger charge is -2.16. The van der Waals surface area contributed by atoms with E-state index in [1.54, 1.807) is 0 Å². The number of nitrogens with zero attached hydrogens (tertiary/aromatic N) is 3. The van der Waals surface area contributed by atoms with Crippen LogP contribution in [0.15, 0.2) is 41.1 Å². The molecular weight excluding hydrogens is 304 g/mol. The maximum Gasteiger partial charge on any atom is 0.225 e. The van der Waals surface area contributed by atoms with Gasteiger partial charge in [0.05, 0.1) is 0 Å². The van der Waals surface area contributed by atoms with E-state index in [9.17, 15) is 0 Å². The summed E-state index contributed by atoms with van der Waals surface area (Å²) in [6.45, 7) is 1.79. The van der Waals surface area contributed by atoms with Crippen LogP contribution in [0.5, 0.6) is 0 Å². The molecule has 2 aromatic rings. The Morgan fingerprint density at radius 2 is 1.74 bits per heavy atom. The molecule has 0 radical (unpaired) electrons. The minimum atomic E-state index is 0.746. The number of benzene rings is 1. The van der Waals surface area contributed by atoms with Crippen LogP contribution in [-0.2, 0) is 0 Å². The molecule has 19 heavy (non-hydrogen) atoms. The van der Waals surface area contributed by atoms with E-state index in [4.69, 9.17) is 0 Å². The molecule has 0 fully saturated rings. The summed E-state index contributed by atoms with van der Waals surface area (Å²) in [5.41, 5.74) is 2.14. The molecule has 5 heteroatoms. The first-order chi connectivity index (χ1) is 9.20. The lowest BCUT2D eigenvalue weighted by atomic mass is 10.1. The van der Waals surface area contributed by atoms with E-state index in [1.165, 1.54) is 0 Å². The van der Waals surface area contributed by atoms with Crippen LogP contribution in [0.3, 0.4) is 0 Å². The van der Waals surface area contributed by atoms with Crippen LogP contribution in [-0.4, -0.2) is 37.2 Å². The smallest absolute Gasteiger partial charge is 0.225 e. The van der Waals surface area contributed by atoms with Crippen molar-refractivity contribution in [3.63, 3.8) is 0 Å². The maximum absolute atomic E-state index is 4.41. The quantitative estimate of drug-likeness (QED) is 0.919. The molecule has 0 spiro atoms. The Hall–Kier alpha value is -1.46. The van der Waals surface area contributed by atoms with Gasteiger partial charge in [0.25, 0.3) is 0 Å². The van der Waals surface area contributed by atoms with Crippen LogP contribution in [0, 0.1) is 0 Å². The molecule has 0 aliphatic heterocycles. The lowest BCUT2D eigenvalue weighted by molar-refractivity contribution is 0.753. The molecule has 0 saturated heterocycles. The highest BCUT2D eigenvalue weighted by atomic mass is 79.9.